The fourth-order valence-electron chi connectivity index (χ4n) is 4.04. The predicted octanol–water partition coefficient (Wildman–Crippen LogP) is 3.45. The van der Waals surface area contributed by atoms with E-state index < -0.39 is 5.82 Å². The number of halogens is 1. The summed E-state index contributed by atoms with van der Waals surface area (Å²) in [4.78, 5) is 14.8. The fraction of sp³-hybridized carbons (Fsp3) is 0.588. The molecule has 2 N–H and O–H groups in total. The highest BCUT2D eigenvalue weighted by molar-refractivity contribution is 5.99. The van der Waals surface area contributed by atoms with Gasteiger partial charge in [0.25, 0.3) is 5.91 Å². The molecule has 3 rings (SSSR count). The molecular formula is C17H23FN2O. The van der Waals surface area contributed by atoms with Gasteiger partial charge in [-0.05, 0) is 43.2 Å². The number of hydrogen-bond donors (Lipinski definition) is 1. The lowest BCUT2D eigenvalue weighted by atomic mass is 9.72. The fourth-order valence-corrected chi connectivity index (χ4v) is 4.04. The Morgan fingerprint density at radius 2 is 2.05 bits per heavy atom. The van der Waals surface area contributed by atoms with Crippen molar-refractivity contribution in [3.63, 3.8) is 0 Å². The third kappa shape index (κ3) is 2.52. The molecule has 0 spiro atoms. The summed E-state index contributed by atoms with van der Waals surface area (Å²) in [6.45, 7) is 3.05. The van der Waals surface area contributed by atoms with Crippen LogP contribution in [0.3, 0.4) is 0 Å². The van der Waals surface area contributed by atoms with Crippen molar-refractivity contribution in [2.24, 2.45) is 11.8 Å². The lowest BCUT2D eigenvalue weighted by molar-refractivity contribution is 0.0218. The van der Waals surface area contributed by atoms with E-state index in [1.54, 1.807) is 12.1 Å². The summed E-state index contributed by atoms with van der Waals surface area (Å²) in [5, 5.41) is 0. The van der Waals surface area contributed by atoms with E-state index in [0.29, 0.717) is 23.4 Å². The summed E-state index contributed by atoms with van der Waals surface area (Å²) < 4.78 is 13.6. The molecule has 4 heteroatoms. The van der Waals surface area contributed by atoms with Gasteiger partial charge in [-0.2, -0.15) is 0 Å². The van der Waals surface area contributed by atoms with Crippen molar-refractivity contribution in [2.45, 2.75) is 45.1 Å². The Balaban J connectivity index is 1.88. The normalized spacial score (nSPS) is 29.0. The number of nitrogens with zero attached hydrogens (tertiary/aromatic N) is 1. The first-order valence-electron chi connectivity index (χ1n) is 7.94. The monoisotopic (exact) mass is 290 g/mol. The number of benzene rings is 1. The zero-order valence-electron chi connectivity index (χ0n) is 12.5. The van der Waals surface area contributed by atoms with Gasteiger partial charge >= 0.3 is 0 Å². The first kappa shape index (κ1) is 14.4. The number of anilines is 1. The standard InChI is InChI=1S/C17H23FN2O/c1-11-9-10-20(15-8-3-2-5-12(11)15)17(21)13-6-4-7-14(18)16(13)19/h4,6-7,11-12,15H,2-3,5,8-10,19H2,1H3. The van der Waals surface area contributed by atoms with Gasteiger partial charge in [-0.15, -0.1) is 0 Å². The Morgan fingerprint density at radius 1 is 1.29 bits per heavy atom. The van der Waals surface area contributed by atoms with Crippen LogP contribution in [0, 0.1) is 17.7 Å². The van der Waals surface area contributed by atoms with Gasteiger partial charge in [0, 0.05) is 12.6 Å². The van der Waals surface area contributed by atoms with Crippen LogP contribution in [-0.2, 0) is 0 Å². The second kappa shape index (κ2) is 5.66. The van der Waals surface area contributed by atoms with Crippen molar-refractivity contribution in [2.75, 3.05) is 12.3 Å². The van der Waals surface area contributed by atoms with E-state index in [9.17, 15) is 9.18 Å². The maximum atomic E-state index is 13.6. The number of likely N-dealkylation sites (tertiary alicyclic amines) is 1. The van der Waals surface area contributed by atoms with E-state index in [0.717, 1.165) is 19.4 Å². The first-order valence-corrected chi connectivity index (χ1v) is 7.94. The number of piperidine rings is 1. The Bertz CT molecular complexity index is 546. The van der Waals surface area contributed by atoms with E-state index in [4.69, 9.17) is 5.73 Å². The molecule has 0 bridgehead atoms. The average Bonchev–Trinajstić information content (AvgIpc) is 2.50. The van der Waals surface area contributed by atoms with Gasteiger partial charge in [0.15, 0.2) is 0 Å². The van der Waals surface area contributed by atoms with Crippen LogP contribution in [-0.4, -0.2) is 23.4 Å². The van der Waals surface area contributed by atoms with Crippen molar-refractivity contribution in [1.29, 1.82) is 0 Å². The smallest absolute Gasteiger partial charge is 0.256 e. The predicted molar refractivity (Wildman–Crippen MR) is 81.4 cm³/mol. The number of hydrogen-bond acceptors (Lipinski definition) is 2. The minimum absolute atomic E-state index is 0.0199. The van der Waals surface area contributed by atoms with Gasteiger partial charge < -0.3 is 10.6 Å². The Morgan fingerprint density at radius 3 is 2.86 bits per heavy atom. The molecule has 0 aromatic heterocycles. The number of rotatable bonds is 1. The van der Waals surface area contributed by atoms with Gasteiger partial charge in [-0.25, -0.2) is 4.39 Å². The molecule has 1 aromatic rings. The Kier molecular flexibility index (Phi) is 3.87. The Labute approximate surface area is 125 Å². The molecule has 3 unspecified atom stereocenters. The highest BCUT2D eigenvalue weighted by Crippen LogP contribution is 2.39. The van der Waals surface area contributed by atoms with Crippen LogP contribution in [0.4, 0.5) is 10.1 Å². The van der Waals surface area contributed by atoms with Crippen molar-refractivity contribution in [1.82, 2.24) is 4.90 Å². The van der Waals surface area contributed by atoms with E-state index in [1.807, 2.05) is 4.90 Å². The minimum Gasteiger partial charge on any atom is -0.396 e. The highest BCUT2D eigenvalue weighted by Gasteiger charge is 2.39. The number of nitrogen functional groups attached to an aromatic ring is 1. The summed E-state index contributed by atoms with van der Waals surface area (Å²) in [7, 11) is 0. The Hall–Kier alpha value is -1.58. The van der Waals surface area contributed by atoms with Crippen LogP contribution < -0.4 is 5.73 Å². The van der Waals surface area contributed by atoms with Crippen LogP contribution in [0.15, 0.2) is 18.2 Å². The second-order valence-corrected chi connectivity index (χ2v) is 6.48. The number of carbonyl (C=O) groups excluding carboxylic acids is 1. The van der Waals surface area contributed by atoms with Crippen molar-refractivity contribution < 1.29 is 9.18 Å². The SMILES string of the molecule is CC1CCN(C(=O)c2cccc(F)c2N)C2CCCCC12. The number of para-hydroxylation sites is 1. The molecule has 1 saturated heterocycles. The average molecular weight is 290 g/mol. The summed E-state index contributed by atoms with van der Waals surface area (Å²) in [6, 6.07) is 4.80. The molecule has 3 atom stereocenters. The molecule has 0 radical (unpaired) electrons. The van der Waals surface area contributed by atoms with Gasteiger partial charge in [-0.1, -0.05) is 25.8 Å². The largest absolute Gasteiger partial charge is 0.396 e. The zero-order valence-corrected chi connectivity index (χ0v) is 12.5. The summed E-state index contributed by atoms with van der Waals surface area (Å²) in [6.07, 6.45) is 5.73. The molecular weight excluding hydrogens is 267 g/mol. The van der Waals surface area contributed by atoms with E-state index in [1.165, 1.54) is 25.3 Å². The maximum absolute atomic E-state index is 13.6. The van der Waals surface area contributed by atoms with E-state index in [-0.39, 0.29) is 11.6 Å². The van der Waals surface area contributed by atoms with Crippen LogP contribution in [0.25, 0.3) is 0 Å². The van der Waals surface area contributed by atoms with E-state index >= 15 is 0 Å². The second-order valence-electron chi connectivity index (χ2n) is 6.48. The van der Waals surface area contributed by atoms with Crippen LogP contribution in [0.5, 0.6) is 0 Å². The lowest BCUT2D eigenvalue weighted by Crippen LogP contribution is -2.52. The van der Waals surface area contributed by atoms with Crippen LogP contribution in [0.1, 0.15) is 49.4 Å². The first-order chi connectivity index (χ1) is 10.1. The minimum atomic E-state index is -0.508. The molecule has 1 aliphatic heterocycles. The number of carbonyl (C=O) groups is 1. The molecule has 21 heavy (non-hydrogen) atoms. The van der Waals surface area contributed by atoms with Gasteiger partial charge in [0.1, 0.15) is 5.82 Å². The molecule has 1 amide bonds. The van der Waals surface area contributed by atoms with E-state index in [2.05, 4.69) is 6.92 Å². The van der Waals surface area contributed by atoms with Gasteiger partial charge in [0.05, 0.1) is 11.3 Å². The maximum Gasteiger partial charge on any atom is 0.256 e. The molecule has 3 nitrogen and oxygen atoms in total. The number of nitrogens with two attached hydrogens (primary N) is 1. The summed E-state index contributed by atoms with van der Waals surface area (Å²) >= 11 is 0. The number of amides is 1. The molecule has 114 valence electrons. The summed E-state index contributed by atoms with van der Waals surface area (Å²) in [5.41, 5.74) is 6.06. The topological polar surface area (TPSA) is 46.3 Å². The zero-order chi connectivity index (χ0) is 15.0. The molecule has 1 saturated carbocycles. The molecule has 1 aliphatic carbocycles. The van der Waals surface area contributed by atoms with Crippen LogP contribution >= 0.6 is 0 Å². The summed E-state index contributed by atoms with van der Waals surface area (Å²) in [5.74, 6) is 0.651. The molecule has 1 aromatic carbocycles. The molecule has 1 heterocycles. The van der Waals surface area contributed by atoms with Crippen molar-refractivity contribution >= 4 is 11.6 Å². The quantitative estimate of drug-likeness (QED) is 0.805. The van der Waals surface area contributed by atoms with Crippen molar-refractivity contribution in [3.05, 3.63) is 29.6 Å². The lowest BCUT2D eigenvalue weighted by Gasteiger charge is -2.47. The van der Waals surface area contributed by atoms with Crippen molar-refractivity contribution in [3.8, 4) is 0 Å². The third-order valence-electron chi connectivity index (χ3n) is 5.28. The van der Waals surface area contributed by atoms with Gasteiger partial charge in [0.2, 0.25) is 0 Å². The highest BCUT2D eigenvalue weighted by atomic mass is 19.1. The number of fused-ring (bicyclic) bond motifs is 1. The van der Waals surface area contributed by atoms with Crippen LogP contribution in [0.2, 0.25) is 0 Å². The third-order valence-corrected chi connectivity index (χ3v) is 5.28. The molecule has 2 aliphatic rings. The van der Waals surface area contributed by atoms with Gasteiger partial charge in [-0.3, -0.25) is 4.79 Å². The molecule has 2 fully saturated rings.